The normalized spacial score (nSPS) is 10.4. The minimum Gasteiger partial charge on any atom is -0.492 e. The van der Waals surface area contributed by atoms with Crippen molar-refractivity contribution in [2.24, 2.45) is 0 Å². The van der Waals surface area contributed by atoms with Crippen LogP contribution in [0.1, 0.15) is 27.2 Å². The molecule has 1 aromatic carbocycles. The van der Waals surface area contributed by atoms with E-state index in [1.807, 2.05) is 45.0 Å². The summed E-state index contributed by atoms with van der Waals surface area (Å²) < 4.78 is 5.59. The maximum absolute atomic E-state index is 10.7. The van der Waals surface area contributed by atoms with Crippen LogP contribution in [0.25, 0.3) is 0 Å². The van der Waals surface area contributed by atoms with E-state index in [9.17, 15) is 4.79 Å². The number of para-hydroxylation sites is 2. The first-order valence-electron chi connectivity index (χ1n) is 6.26. The summed E-state index contributed by atoms with van der Waals surface area (Å²) in [6.45, 7) is 7.11. The van der Waals surface area contributed by atoms with Crippen LogP contribution in [0.15, 0.2) is 24.3 Å². The molecule has 18 heavy (non-hydrogen) atoms. The van der Waals surface area contributed by atoms with E-state index < -0.39 is 5.97 Å². The summed E-state index contributed by atoms with van der Waals surface area (Å²) >= 11 is 0. The van der Waals surface area contributed by atoms with Gasteiger partial charge < -0.3 is 14.7 Å². The molecule has 0 atom stereocenters. The van der Waals surface area contributed by atoms with Crippen LogP contribution in [-0.4, -0.2) is 30.3 Å². The Hall–Kier alpha value is -1.71. The minimum atomic E-state index is -0.783. The first-order chi connectivity index (χ1) is 8.56. The van der Waals surface area contributed by atoms with Gasteiger partial charge >= 0.3 is 5.97 Å². The molecule has 0 aliphatic rings. The van der Waals surface area contributed by atoms with Gasteiger partial charge in [0.05, 0.1) is 18.7 Å². The number of hydrogen-bond donors (Lipinski definition) is 1. The van der Waals surface area contributed by atoms with Gasteiger partial charge in [-0.25, -0.2) is 0 Å². The van der Waals surface area contributed by atoms with Gasteiger partial charge in [-0.2, -0.15) is 0 Å². The molecule has 0 saturated carbocycles. The van der Waals surface area contributed by atoms with Gasteiger partial charge in [0.2, 0.25) is 0 Å². The van der Waals surface area contributed by atoms with Gasteiger partial charge in [0, 0.05) is 12.6 Å². The number of nitrogens with zero attached hydrogens (tertiary/aromatic N) is 1. The lowest BCUT2D eigenvalue weighted by Crippen LogP contribution is -2.33. The summed E-state index contributed by atoms with van der Waals surface area (Å²) in [4.78, 5) is 12.8. The lowest BCUT2D eigenvalue weighted by Gasteiger charge is -2.30. The Morgan fingerprint density at radius 1 is 1.39 bits per heavy atom. The fourth-order valence-electron chi connectivity index (χ4n) is 1.84. The largest absolute Gasteiger partial charge is 0.492 e. The Kier molecular flexibility index (Phi) is 5.49. The molecule has 100 valence electrons. The third-order valence-electron chi connectivity index (χ3n) is 2.66. The van der Waals surface area contributed by atoms with Crippen LogP contribution in [0.2, 0.25) is 0 Å². The van der Waals surface area contributed by atoms with E-state index in [2.05, 4.69) is 4.90 Å². The number of ether oxygens (including phenoxy) is 1. The summed E-state index contributed by atoms with van der Waals surface area (Å²) in [5.74, 6) is 0.0219. The second kappa shape index (κ2) is 6.89. The lowest BCUT2D eigenvalue weighted by molar-refractivity contribution is -0.136. The zero-order valence-electron chi connectivity index (χ0n) is 11.2. The van der Waals surface area contributed by atoms with Gasteiger partial charge in [0.1, 0.15) is 5.75 Å². The van der Waals surface area contributed by atoms with Crippen LogP contribution >= 0.6 is 0 Å². The van der Waals surface area contributed by atoms with Crippen molar-refractivity contribution in [1.82, 2.24) is 0 Å². The third-order valence-corrected chi connectivity index (χ3v) is 2.66. The van der Waals surface area contributed by atoms with Crippen LogP contribution in [0.3, 0.4) is 0 Å². The van der Waals surface area contributed by atoms with Gasteiger partial charge in [0.15, 0.2) is 0 Å². The second-order valence-electron chi connectivity index (χ2n) is 4.33. The molecule has 4 heteroatoms. The van der Waals surface area contributed by atoms with Gasteiger partial charge in [-0.05, 0) is 32.9 Å². The van der Waals surface area contributed by atoms with Crippen molar-refractivity contribution in [3.63, 3.8) is 0 Å². The number of hydrogen-bond acceptors (Lipinski definition) is 3. The van der Waals surface area contributed by atoms with E-state index >= 15 is 0 Å². The van der Waals surface area contributed by atoms with Gasteiger partial charge in [-0.15, -0.1) is 0 Å². The molecule has 1 N–H and O–H groups in total. The van der Waals surface area contributed by atoms with Gasteiger partial charge in [-0.1, -0.05) is 12.1 Å². The molecule has 0 spiro atoms. The predicted octanol–water partition coefficient (Wildman–Crippen LogP) is 2.77. The second-order valence-corrected chi connectivity index (χ2v) is 4.33. The van der Waals surface area contributed by atoms with Crippen LogP contribution in [0, 0.1) is 0 Å². The topological polar surface area (TPSA) is 49.8 Å². The molecule has 0 bridgehead atoms. The lowest BCUT2D eigenvalue weighted by atomic mass is 10.2. The molecule has 4 nitrogen and oxygen atoms in total. The van der Waals surface area contributed by atoms with Gasteiger partial charge in [-0.3, -0.25) is 4.79 Å². The smallest absolute Gasteiger partial charge is 0.305 e. The Labute approximate surface area is 108 Å². The molecular formula is C14H21NO3. The molecule has 0 unspecified atom stereocenters. The Balaban J connectivity index is 2.93. The Bertz CT molecular complexity index is 390. The monoisotopic (exact) mass is 251 g/mol. The molecule has 0 radical (unpaired) electrons. The summed E-state index contributed by atoms with van der Waals surface area (Å²) in [6, 6.07) is 7.96. The van der Waals surface area contributed by atoms with Crippen molar-refractivity contribution >= 4 is 11.7 Å². The molecule has 0 saturated heterocycles. The highest BCUT2D eigenvalue weighted by Crippen LogP contribution is 2.29. The van der Waals surface area contributed by atoms with E-state index in [4.69, 9.17) is 9.84 Å². The van der Waals surface area contributed by atoms with Crippen LogP contribution in [-0.2, 0) is 4.79 Å². The summed E-state index contributed by atoms with van der Waals surface area (Å²) in [7, 11) is 0. The maximum Gasteiger partial charge on any atom is 0.305 e. The quantitative estimate of drug-likeness (QED) is 0.809. The number of carbonyl (C=O) groups is 1. The molecule has 0 amide bonds. The van der Waals surface area contributed by atoms with E-state index in [0.29, 0.717) is 13.2 Å². The van der Waals surface area contributed by atoms with Crippen LogP contribution in [0.5, 0.6) is 5.75 Å². The molecular weight excluding hydrogens is 230 g/mol. The number of anilines is 1. The first-order valence-corrected chi connectivity index (χ1v) is 6.26. The third kappa shape index (κ3) is 3.95. The number of aliphatic carboxylic acids is 1. The molecule has 0 fully saturated rings. The summed E-state index contributed by atoms with van der Waals surface area (Å²) in [5, 5.41) is 8.81. The van der Waals surface area contributed by atoms with E-state index in [-0.39, 0.29) is 12.5 Å². The molecule has 0 aromatic heterocycles. The number of benzene rings is 1. The van der Waals surface area contributed by atoms with Gasteiger partial charge in [0.25, 0.3) is 0 Å². The van der Waals surface area contributed by atoms with Crippen molar-refractivity contribution < 1.29 is 14.6 Å². The van der Waals surface area contributed by atoms with E-state index in [1.54, 1.807) is 0 Å². The number of rotatable bonds is 7. The first kappa shape index (κ1) is 14.4. The summed E-state index contributed by atoms with van der Waals surface area (Å²) in [6.07, 6.45) is 0.124. The average molecular weight is 251 g/mol. The standard InChI is InChI=1S/C14H21NO3/c1-4-18-13-8-6-5-7-12(13)15(11(2)3)10-9-14(16)17/h5-8,11H,4,9-10H2,1-3H3,(H,16,17). The molecule has 0 aliphatic heterocycles. The van der Waals surface area contributed by atoms with Crippen LogP contribution < -0.4 is 9.64 Å². The zero-order valence-corrected chi connectivity index (χ0v) is 11.2. The molecule has 0 aliphatic carbocycles. The SMILES string of the molecule is CCOc1ccccc1N(CCC(=O)O)C(C)C. The van der Waals surface area contributed by atoms with Crippen molar-refractivity contribution in [3.8, 4) is 5.75 Å². The molecule has 0 heterocycles. The fourth-order valence-corrected chi connectivity index (χ4v) is 1.84. The number of carboxylic acids is 1. The maximum atomic E-state index is 10.7. The van der Waals surface area contributed by atoms with Crippen molar-refractivity contribution in [2.75, 3.05) is 18.1 Å². The van der Waals surface area contributed by atoms with Crippen LogP contribution in [0.4, 0.5) is 5.69 Å². The minimum absolute atomic E-state index is 0.124. The number of carboxylic acid groups (broad SMARTS) is 1. The van der Waals surface area contributed by atoms with Crippen molar-refractivity contribution in [2.45, 2.75) is 33.2 Å². The van der Waals surface area contributed by atoms with Crippen molar-refractivity contribution in [1.29, 1.82) is 0 Å². The average Bonchev–Trinajstić information content (AvgIpc) is 2.31. The summed E-state index contributed by atoms with van der Waals surface area (Å²) in [5.41, 5.74) is 0.954. The zero-order chi connectivity index (χ0) is 13.5. The highest BCUT2D eigenvalue weighted by atomic mass is 16.5. The molecule has 1 rings (SSSR count). The fraction of sp³-hybridized carbons (Fsp3) is 0.500. The molecule has 1 aromatic rings. The Morgan fingerprint density at radius 3 is 2.61 bits per heavy atom. The highest BCUT2D eigenvalue weighted by Gasteiger charge is 2.15. The van der Waals surface area contributed by atoms with E-state index in [1.165, 1.54) is 0 Å². The van der Waals surface area contributed by atoms with E-state index in [0.717, 1.165) is 11.4 Å². The predicted molar refractivity (Wildman–Crippen MR) is 72.3 cm³/mol. The Morgan fingerprint density at radius 2 is 2.06 bits per heavy atom. The highest BCUT2D eigenvalue weighted by molar-refractivity contribution is 5.68. The van der Waals surface area contributed by atoms with Crippen molar-refractivity contribution in [3.05, 3.63) is 24.3 Å².